The Bertz CT molecular complexity index is 184. The van der Waals surface area contributed by atoms with Crippen molar-refractivity contribution in [2.45, 2.75) is 59.8 Å². The second-order valence-electron chi connectivity index (χ2n) is 6.23. The van der Waals surface area contributed by atoms with Crippen LogP contribution in [0.25, 0.3) is 0 Å². The van der Waals surface area contributed by atoms with Crippen LogP contribution in [-0.2, 0) is 0 Å². The standard InChI is InChI=1S/C12H20.C2H6/c1-12(2)6-10-8-3-4-9(5-8)11(10)7-12;1-2/h8-11H,3-7H2,1-2H3;1-2H3. The van der Waals surface area contributed by atoms with Gasteiger partial charge in [-0.2, -0.15) is 0 Å². The van der Waals surface area contributed by atoms with Crippen LogP contribution in [0, 0.1) is 29.1 Å². The van der Waals surface area contributed by atoms with Gasteiger partial charge in [0.2, 0.25) is 0 Å². The van der Waals surface area contributed by atoms with Gasteiger partial charge >= 0.3 is 0 Å². The van der Waals surface area contributed by atoms with Crippen molar-refractivity contribution in [3.05, 3.63) is 0 Å². The molecule has 0 aromatic rings. The molecule has 2 bridgehead atoms. The van der Waals surface area contributed by atoms with E-state index >= 15 is 0 Å². The minimum absolute atomic E-state index is 0.691. The molecule has 0 heteroatoms. The molecule has 0 spiro atoms. The highest BCUT2D eigenvalue weighted by Crippen LogP contribution is 2.62. The van der Waals surface area contributed by atoms with Gasteiger partial charge in [0.05, 0.1) is 0 Å². The first kappa shape index (κ1) is 10.5. The van der Waals surface area contributed by atoms with Gasteiger partial charge in [-0.05, 0) is 61.2 Å². The Kier molecular flexibility index (Phi) is 2.66. The van der Waals surface area contributed by atoms with Gasteiger partial charge in [0.1, 0.15) is 0 Å². The van der Waals surface area contributed by atoms with E-state index in [2.05, 4.69) is 13.8 Å². The van der Waals surface area contributed by atoms with Crippen molar-refractivity contribution in [3.8, 4) is 0 Å². The van der Waals surface area contributed by atoms with Gasteiger partial charge in [-0.15, -0.1) is 0 Å². The van der Waals surface area contributed by atoms with Gasteiger partial charge in [0.25, 0.3) is 0 Å². The second kappa shape index (κ2) is 3.54. The molecule has 0 heterocycles. The fourth-order valence-electron chi connectivity index (χ4n) is 4.53. The number of rotatable bonds is 0. The Morgan fingerprint density at radius 3 is 1.71 bits per heavy atom. The Balaban J connectivity index is 0.000000354. The first-order chi connectivity index (χ1) is 6.66. The number of hydrogen-bond donors (Lipinski definition) is 0. The van der Waals surface area contributed by atoms with Crippen molar-refractivity contribution in [2.24, 2.45) is 29.1 Å². The summed E-state index contributed by atoms with van der Waals surface area (Å²) in [4.78, 5) is 0. The lowest BCUT2D eigenvalue weighted by atomic mass is 9.82. The van der Waals surface area contributed by atoms with E-state index in [0.29, 0.717) is 5.41 Å². The number of fused-ring (bicyclic) bond motifs is 5. The smallest absolute Gasteiger partial charge is 0.0349 e. The van der Waals surface area contributed by atoms with Crippen molar-refractivity contribution in [1.29, 1.82) is 0 Å². The summed E-state index contributed by atoms with van der Waals surface area (Å²) in [5, 5.41) is 0. The fourth-order valence-corrected chi connectivity index (χ4v) is 4.53. The molecule has 3 fully saturated rings. The largest absolute Gasteiger partial charge is 0.0683 e. The first-order valence-electron chi connectivity index (χ1n) is 6.66. The molecule has 14 heavy (non-hydrogen) atoms. The third-order valence-electron chi connectivity index (χ3n) is 4.85. The van der Waals surface area contributed by atoms with Crippen molar-refractivity contribution in [3.63, 3.8) is 0 Å². The SMILES string of the molecule is CC.CC1(C)CC2C3CCC(C3)C2C1. The molecule has 0 aliphatic heterocycles. The van der Waals surface area contributed by atoms with Crippen molar-refractivity contribution >= 4 is 0 Å². The van der Waals surface area contributed by atoms with Crippen LogP contribution in [-0.4, -0.2) is 0 Å². The summed E-state index contributed by atoms with van der Waals surface area (Å²) >= 11 is 0. The average molecular weight is 194 g/mol. The molecular formula is C14H26. The molecule has 82 valence electrons. The highest BCUT2D eigenvalue weighted by atomic mass is 14.6. The molecular weight excluding hydrogens is 168 g/mol. The van der Waals surface area contributed by atoms with Crippen molar-refractivity contribution < 1.29 is 0 Å². The third-order valence-corrected chi connectivity index (χ3v) is 4.85. The summed E-state index contributed by atoms with van der Waals surface area (Å²) in [5.41, 5.74) is 0.691. The molecule has 3 saturated carbocycles. The van der Waals surface area contributed by atoms with Crippen LogP contribution < -0.4 is 0 Å². The maximum Gasteiger partial charge on any atom is -0.0349 e. The zero-order chi connectivity index (χ0) is 10.3. The predicted molar refractivity (Wildman–Crippen MR) is 62.2 cm³/mol. The van der Waals surface area contributed by atoms with E-state index in [1.807, 2.05) is 13.8 Å². The molecule has 0 aromatic carbocycles. The van der Waals surface area contributed by atoms with E-state index < -0.39 is 0 Å². The van der Waals surface area contributed by atoms with Gasteiger partial charge in [0.15, 0.2) is 0 Å². The van der Waals surface area contributed by atoms with Crippen LogP contribution in [0.4, 0.5) is 0 Å². The maximum atomic E-state index is 2.48. The van der Waals surface area contributed by atoms with Crippen LogP contribution >= 0.6 is 0 Å². The van der Waals surface area contributed by atoms with Crippen molar-refractivity contribution in [1.82, 2.24) is 0 Å². The highest BCUT2D eigenvalue weighted by Gasteiger charge is 2.53. The lowest BCUT2D eigenvalue weighted by Gasteiger charge is -2.23. The lowest BCUT2D eigenvalue weighted by molar-refractivity contribution is 0.259. The summed E-state index contributed by atoms with van der Waals surface area (Å²) < 4.78 is 0. The quantitative estimate of drug-likeness (QED) is 0.533. The average Bonchev–Trinajstić information content (AvgIpc) is 2.76. The summed E-state index contributed by atoms with van der Waals surface area (Å²) in [6.07, 6.45) is 7.83. The topological polar surface area (TPSA) is 0 Å². The van der Waals surface area contributed by atoms with Crippen LogP contribution in [0.15, 0.2) is 0 Å². The van der Waals surface area contributed by atoms with E-state index in [1.54, 1.807) is 32.1 Å². The van der Waals surface area contributed by atoms with Gasteiger partial charge in [-0.25, -0.2) is 0 Å². The molecule has 0 aromatic heterocycles. The molecule has 4 unspecified atom stereocenters. The van der Waals surface area contributed by atoms with E-state index in [-0.39, 0.29) is 0 Å². The van der Waals surface area contributed by atoms with Gasteiger partial charge in [0, 0.05) is 0 Å². The summed E-state index contributed by atoms with van der Waals surface area (Å²) in [7, 11) is 0. The summed E-state index contributed by atoms with van der Waals surface area (Å²) in [5.74, 6) is 4.61. The molecule has 0 radical (unpaired) electrons. The zero-order valence-electron chi connectivity index (χ0n) is 10.3. The van der Waals surface area contributed by atoms with Crippen LogP contribution in [0.2, 0.25) is 0 Å². The molecule has 0 N–H and O–H groups in total. The van der Waals surface area contributed by atoms with Crippen LogP contribution in [0.1, 0.15) is 59.8 Å². The molecule has 3 aliphatic rings. The summed E-state index contributed by atoms with van der Waals surface area (Å²) in [6, 6.07) is 0. The van der Waals surface area contributed by atoms with Crippen molar-refractivity contribution in [2.75, 3.05) is 0 Å². The van der Waals surface area contributed by atoms with E-state index in [0.717, 1.165) is 23.7 Å². The molecule has 3 aliphatic carbocycles. The Labute approximate surface area is 89.5 Å². The minimum atomic E-state index is 0.691. The normalized spacial score (nSPS) is 47.1. The molecule has 0 amide bonds. The van der Waals surface area contributed by atoms with Gasteiger partial charge in [-0.1, -0.05) is 27.7 Å². The van der Waals surface area contributed by atoms with Crippen LogP contribution in [0.5, 0.6) is 0 Å². The molecule has 0 saturated heterocycles. The molecule has 0 nitrogen and oxygen atoms in total. The predicted octanol–water partition coefficient (Wildman–Crippen LogP) is 4.49. The van der Waals surface area contributed by atoms with Gasteiger partial charge < -0.3 is 0 Å². The fraction of sp³-hybridized carbons (Fsp3) is 1.00. The summed E-state index contributed by atoms with van der Waals surface area (Å²) in [6.45, 7) is 8.95. The Morgan fingerprint density at radius 2 is 1.29 bits per heavy atom. The first-order valence-corrected chi connectivity index (χ1v) is 6.66. The van der Waals surface area contributed by atoms with E-state index in [1.165, 1.54) is 0 Å². The van der Waals surface area contributed by atoms with Gasteiger partial charge in [-0.3, -0.25) is 0 Å². The zero-order valence-corrected chi connectivity index (χ0v) is 10.3. The third kappa shape index (κ3) is 1.51. The molecule has 4 atom stereocenters. The number of hydrogen-bond acceptors (Lipinski definition) is 0. The van der Waals surface area contributed by atoms with E-state index in [4.69, 9.17) is 0 Å². The van der Waals surface area contributed by atoms with Crippen LogP contribution in [0.3, 0.4) is 0 Å². The highest BCUT2D eigenvalue weighted by molar-refractivity contribution is 5.03. The monoisotopic (exact) mass is 194 g/mol. The Hall–Kier alpha value is 0. The maximum absolute atomic E-state index is 2.48. The minimum Gasteiger partial charge on any atom is -0.0683 e. The lowest BCUT2D eigenvalue weighted by Crippen LogP contribution is -2.15. The van der Waals surface area contributed by atoms with E-state index in [9.17, 15) is 0 Å². The molecule has 3 rings (SSSR count). The Morgan fingerprint density at radius 1 is 0.857 bits per heavy atom. The second-order valence-corrected chi connectivity index (χ2v) is 6.23.